The fourth-order valence-electron chi connectivity index (χ4n) is 1.44. The summed E-state index contributed by atoms with van der Waals surface area (Å²) in [5.74, 6) is 0. The van der Waals surface area contributed by atoms with E-state index in [-0.39, 0.29) is 0 Å². The highest BCUT2D eigenvalue weighted by molar-refractivity contribution is 7.11. The van der Waals surface area contributed by atoms with E-state index in [9.17, 15) is 0 Å². The molecule has 1 unspecified atom stereocenters. The zero-order valence-electron chi connectivity index (χ0n) is 9.47. The molecule has 2 aromatic rings. The molecule has 0 aliphatic heterocycles. The summed E-state index contributed by atoms with van der Waals surface area (Å²) < 4.78 is 0. The van der Waals surface area contributed by atoms with E-state index in [1.54, 1.807) is 11.3 Å². The van der Waals surface area contributed by atoms with Gasteiger partial charge in [-0.1, -0.05) is 6.07 Å². The Hall–Kier alpha value is -1.26. The fourth-order valence-corrected chi connectivity index (χ4v) is 2.25. The molecule has 0 saturated heterocycles. The monoisotopic (exact) mass is 233 g/mol. The van der Waals surface area contributed by atoms with Crippen molar-refractivity contribution >= 4 is 11.3 Å². The highest BCUT2D eigenvalue weighted by Gasteiger charge is 2.07. The Labute approximate surface area is 99.6 Å². The molecule has 16 heavy (non-hydrogen) atoms. The Kier molecular flexibility index (Phi) is 3.64. The number of thiazole rings is 1. The summed E-state index contributed by atoms with van der Waals surface area (Å²) in [6.45, 7) is 4.97. The van der Waals surface area contributed by atoms with Gasteiger partial charge in [-0.25, -0.2) is 4.98 Å². The van der Waals surface area contributed by atoms with E-state index in [1.807, 2.05) is 37.5 Å². The lowest BCUT2D eigenvalue weighted by atomic mass is 10.3. The average molecular weight is 233 g/mol. The van der Waals surface area contributed by atoms with E-state index in [2.05, 4.69) is 22.2 Å². The third-order valence-corrected chi connectivity index (χ3v) is 3.48. The predicted octanol–water partition coefficient (Wildman–Crippen LogP) is 2.70. The van der Waals surface area contributed by atoms with Gasteiger partial charge in [-0.2, -0.15) is 0 Å². The van der Waals surface area contributed by atoms with Gasteiger partial charge in [0.15, 0.2) is 0 Å². The van der Waals surface area contributed by atoms with Gasteiger partial charge in [-0.3, -0.25) is 4.98 Å². The van der Waals surface area contributed by atoms with Gasteiger partial charge in [-0.15, -0.1) is 11.3 Å². The van der Waals surface area contributed by atoms with Crippen molar-refractivity contribution in [3.8, 4) is 0 Å². The third-order valence-electron chi connectivity index (χ3n) is 2.38. The average Bonchev–Trinajstić information content (AvgIpc) is 2.74. The van der Waals surface area contributed by atoms with Crippen LogP contribution >= 0.6 is 11.3 Å². The number of hydrogen-bond acceptors (Lipinski definition) is 4. The molecule has 0 amide bonds. The van der Waals surface area contributed by atoms with E-state index in [1.165, 1.54) is 4.88 Å². The predicted molar refractivity (Wildman–Crippen MR) is 66.3 cm³/mol. The minimum Gasteiger partial charge on any atom is -0.304 e. The van der Waals surface area contributed by atoms with Crippen LogP contribution in [0.3, 0.4) is 0 Å². The number of aromatic nitrogens is 2. The van der Waals surface area contributed by atoms with E-state index in [0.29, 0.717) is 6.04 Å². The van der Waals surface area contributed by atoms with Crippen LogP contribution < -0.4 is 5.32 Å². The maximum Gasteiger partial charge on any atom is 0.0897 e. The lowest BCUT2D eigenvalue weighted by molar-refractivity contribution is 0.575. The molecule has 1 N–H and O–H groups in total. The smallest absolute Gasteiger partial charge is 0.0897 e. The van der Waals surface area contributed by atoms with Crippen LogP contribution in [0.25, 0.3) is 0 Å². The standard InChI is InChI=1S/C12H15N3S/c1-9(12-8-15-10(2)16-12)14-7-11-5-3-4-6-13-11/h3-6,8-9,14H,7H2,1-2H3. The molecule has 4 heteroatoms. The molecule has 2 heterocycles. The first-order valence-electron chi connectivity index (χ1n) is 5.31. The largest absolute Gasteiger partial charge is 0.304 e. The normalized spacial score (nSPS) is 12.6. The van der Waals surface area contributed by atoms with Gasteiger partial charge in [0.05, 0.1) is 10.7 Å². The van der Waals surface area contributed by atoms with Crippen LogP contribution in [0.5, 0.6) is 0 Å². The van der Waals surface area contributed by atoms with Crippen molar-refractivity contribution in [3.63, 3.8) is 0 Å². The second kappa shape index (κ2) is 5.18. The van der Waals surface area contributed by atoms with Crippen molar-refractivity contribution in [2.75, 3.05) is 0 Å². The van der Waals surface area contributed by atoms with Crippen molar-refractivity contribution in [2.24, 2.45) is 0 Å². The molecule has 2 aromatic heterocycles. The quantitative estimate of drug-likeness (QED) is 0.882. The molecule has 3 nitrogen and oxygen atoms in total. The molecule has 0 saturated carbocycles. The van der Waals surface area contributed by atoms with Crippen LogP contribution in [0.1, 0.15) is 28.5 Å². The highest BCUT2D eigenvalue weighted by atomic mass is 32.1. The summed E-state index contributed by atoms with van der Waals surface area (Å²) in [5, 5.41) is 4.55. The lowest BCUT2D eigenvalue weighted by Gasteiger charge is -2.10. The van der Waals surface area contributed by atoms with Gasteiger partial charge in [0.25, 0.3) is 0 Å². The van der Waals surface area contributed by atoms with Gasteiger partial charge < -0.3 is 5.32 Å². The van der Waals surface area contributed by atoms with Crippen molar-refractivity contribution < 1.29 is 0 Å². The second-order valence-corrected chi connectivity index (χ2v) is 4.97. The SMILES string of the molecule is Cc1ncc(C(C)NCc2ccccn2)s1. The molecule has 0 fully saturated rings. The Balaban J connectivity index is 1.91. The molecule has 0 spiro atoms. The molecule has 84 valence electrons. The van der Waals surface area contributed by atoms with Crippen LogP contribution in [0.4, 0.5) is 0 Å². The van der Waals surface area contributed by atoms with Gasteiger partial charge in [0.1, 0.15) is 0 Å². The van der Waals surface area contributed by atoms with Crippen LogP contribution in [0.2, 0.25) is 0 Å². The molecular weight excluding hydrogens is 218 g/mol. The first-order valence-corrected chi connectivity index (χ1v) is 6.13. The lowest BCUT2D eigenvalue weighted by Crippen LogP contribution is -2.17. The molecule has 0 bridgehead atoms. The van der Waals surface area contributed by atoms with E-state index in [0.717, 1.165) is 17.2 Å². The Bertz CT molecular complexity index is 439. The second-order valence-electron chi connectivity index (χ2n) is 3.71. The van der Waals surface area contributed by atoms with E-state index in [4.69, 9.17) is 0 Å². The topological polar surface area (TPSA) is 37.8 Å². The fraction of sp³-hybridized carbons (Fsp3) is 0.333. The van der Waals surface area contributed by atoms with Crippen LogP contribution in [-0.2, 0) is 6.54 Å². The summed E-state index contributed by atoms with van der Waals surface area (Å²) in [7, 11) is 0. The zero-order chi connectivity index (χ0) is 11.4. The zero-order valence-corrected chi connectivity index (χ0v) is 10.3. The number of rotatable bonds is 4. The van der Waals surface area contributed by atoms with Gasteiger partial charge >= 0.3 is 0 Å². The van der Waals surface area contributed by atoms with Crippen molar-refractivity contribution in [3.05, 3.63) is 46.2 Å². The van der Waals surface area contributed by atoms with Crippen molar-refractivity contribution in [2.45, 2.75) is 26.4 Å². The van der Waals surface area contributed by atoms with Crippen LogP contribution in [0, 0.1) is 6.92 Å². The molecule has 0 aliphatic carbocycles. The number of aryl methyl sites for hydroxylation is 1. The Morgan fingerprint density at radius 1 is 1.38 bits per heavy atom. The highest BCUT2D eigenvalue weighted by Crippen LogP contribution is 2.19. The summed E-state index contributed by atoms with van der Waals surface area (Å²) in [5.41, 5.74) is 1.07. The molecule has 2 rings (SSSR count). The minimum absolute atomic E-state index is 0.327. The third kappa shape index (κ3) is 2.87. The summed E-state index contributed by atoms with van der Waals surface area (Å²) >= 11 is 1.74. The number of pyridine rings is 1. The van der Waals surface area contributed by atoms with Crippen molar-refractivity contribution in [1.29, 1.82) is 0 Å². The van der Waals surface area contributed by atoms with E-state index >= 15 is 0 Å². The van der Waals surface area contributed by atoms with E-state index < -0.39 is 0 Å². The van der Waals surface area contributed by atoms with Gasteiger partial charge in [-0.05, 0) is 26.0 Å². The van der Waals surface area contributed by atoms with Crippen LogP contribution in [0.15, 0.2) is 30.6 Å². The first kappa shape index (κ1) is 11.2. The maximum atomic E-state index is 4.27. The number of nitrogens with one attached hydrogen (secondary N) is 1. The Morgan fingerprint density at radius 2 is 2.25 bits per heavy atom. The molecule has 0 aromatic carbocycles. The van der Waals surface area contributed by atoms with Crippen LogP contribution in [-0.4, -0.2) is 9.97 Å². The molecular formula is C12H15N3S. The molecule has 0 radical (unpaired) electrons. The molecule has 1 atom stereocenters. The maximum absolute atomic E-state index is 4.27. The number of nitrogens with zero attached hydrogens (tertiary/aromatic N) is 2. The van der Waals surface area contributed by atoms with Crippen molar-refractivity contribution in [1.82, 2.24) is 15.3 Å². The van der Waals surface area contributed by atoms with Gasteiger partial charge in [0, 0.05) is 29.9 Å². The van der Waals surface area contributed by atoms with Gasteiger partial charge in [0.2, 0.25) is 0 Å². The summed E-state index contributed by atoms with van der Waals surface area (Å²) in [6.07, 6.45) is 3.76. The Morgan fingerprint density at radius 3 is 2.88 bits per heavy atom. The minimum atomic E-state index is 0.327. The summed E-state index contributed by atoms with van der Waals surface area (Å²) in [4.78, 5) is 9.80. The first-order chi connectivity index (χ1) is 7.75. The number of hydrogen-bond donors (Lipinski definition) is 1. The molecule has 0 aliphatic rings. The summed E-state index contributed by atoms with van der Waals surface area (Å²) in [6, 6.07) is 6.29.